The summed E-state index contributed by atoms with van der Waals surface area (Å²) in [6.07, 6.45) is 2.11. The lowest BCUT2D eigenvalue weighted by Gasteiger charge is -2.30. The average Bonchev–Trinajstić information content (AvgIpc) is 3.40. The minimum Gasteiger partial charge on any atom is -0.444 e. The van der Waals surface area contributed by atoms with Crippen molar-refractivity contribution >= 4 is 39.9 Å². The molecule has 0 bridgehead atoms. The van der Waals surface area contributed by atoms with Gasteiger partial charge in [0, 0.05) is 18.5 Å². The average molecular weight is 812 g/mol. The number of amides is 5. The van der Waals surface area contributed by atoms with Crippen LogP contribution in [-0.2, 0) is 52.7 Å². The number of fused-ring (bicyclic) bond motifs is 3. The van der Waals surface area contributed by atoms with Crippen molar-refractivity contribution < 1.29 is 46.3 Å². The number of halogens is 1. The Kier molecular flexibility index (Phi) is 12.2. The molecule has 310 valence electrons. The smallest absolute Gasteiger partial charge is 0.410 e. The van der Waals surface area contributed by atoms with Crippen molar-refractivity contribution in [3.8, 4) is 0 Å². The quantitative estimate of drug-likeness (QED) is 0.361. The van der Waals surface area contributed by atoms with Gasteiger partial charge in [-0.05, 0) is 82.6 Å². The largest absolute Gasteiger partial charge is 0.444 e. The van der Waals surface area contributed by atoms with Crippen molar-refractivity contribution in [2.75, 3.05) is 6.54 Å². The highest BCUT2D eigenvalue weighted by molar-refractivity contribution is 7.89. The Labute approximate surface area is 333 Å². The lowest BCUT2D eigenvalue weighted by molar-refractivity contribution is -0.141. The van der Waals surface area contributed by atoms with Crippen LogP contribution in [0.4, 0.5) is 14.0 Å². The van der Waals surface area contributed by atoms with E-state index in [-0.39, 0.29) is 44.8 Å². The molecule has 3 fully saturated rings. The minimum atomic E-state index is -4.18. The van der Waals surface area contributed by atoms with Crippen molar-refractivity contribution in [1.82, 2.24) is 25.2 Å². The summed E-state index contributed by atoms with van der Waals surface area (Å²) >= 11 is 0. The van der Waals surface area contributed by atoms with Gasteiger partial charge in [-0.2, -0.15) is 0 Å². The molecule has 1 saturated carbocycles. The maximum Gasteiger partial charge on any atom is 0.410 e. The Balaban J connectivity index is 1.25. The highest BCUT2D eigenvalue weighted by Crippen LogP contribution is 2.48. The molecule has 3 N–H and O–H groups in total. The maximum absolute atomic E-state index is 14.5. The zero-order valence-electron chi connectivity index (χ0n) is 33.3. The first-order valence-corrected chi connectivity index (χ1v) is 21.4. The van der Waals surface area contributed by atoms with E-state index in [4.69, 9.17) is 9.47 Å². The van der Waals surface area contributed by atoms with E-state index < -0.39 is 80.8 Å². The third-order valence-corrected chi connectivity index (χ3v) is 12.5. The van der Waals surface area contributed by atoms with E-state index in [1.54, 1.807) is 52.0 Å². The molecule has 3 heterocycles. The van der Waals surface area contributed by atoms with E-state index in [1.165, 1.54) is 15.9 Å². The topological polar surface area (TPSA) is 181 Å². The van der Waals surface area contributed by atoms with Gasteiger partial charge in [0.2, 0.25) is 21.8 Å². The van der Waals surface area contributed by atoms with Crippen LogP contribution < -0.4 is 15.4 Å². The van der Waals surface area contributed by atoms with Crippen molar-refractivity contribution in [1.29, 1.82) is 0 Å². The predicted octanol–water partition coefficient (Wildman–Crippen LogP) is 5.02. The molecule has 0 aromatic heterocycles. The normalized spacial score (nSPS) is 25.5. The van der Waals surface area contributed by atoms with E-state index in [2.05, 4.69) is 15.4 Å². The van der Waals surface area contributed by atoms with Gasteiger partial charge >= 0.3 is 12.2 Å². The number of nitrogens with zero attached hydrogens (tertiary/aromatic N) is 2. The Morgan fingerprint density at radius 3 is 2.42 bits per heavy atom. The Morgan fingerprint density at radius 2 is 1.72 bits per heavy atom. The highest BCUT2D eigenvalue weighted by Gasteiger charge is 2.62. The second-order valence-corrected chi connectivity index (χ2v) is 18.7. The zero-order chi connectivity index (χ0) is 41.3. The van der Waals surface area contributed by atoms with Crippen LogP contribution >= 0.6 is 0 Å². The van der Waals surface area contributed by atoms with Crippen LogP contribution in [-0.4, -0.2) is 84.0 Å². The van der Waals surface area contributed by atoms with Crippen LogP contribution in [0, 0.1) is 25.6 Å². The monoisotopic (exact) mass is 811 g/mol. The van der Waals surface area contributed by atoms with Crippen LogP contribution in [0.15, 0.2) is 36.4 Å². The zero-order valence-corrected chi connectivity index (χ0v) is 34.1. The molecule has 2 saturated heterocycles. The lowest BCUT2D eigenvalue weighted by atomic mass is 10.0. The molecule has 6 rings (SSSR count). The molecule has 0 spiro atoms. The summed E-state index contributed by atoms with van der Waals surface area (Å²) in [5, 5.41) is 5.54. The van der Waals surface area contributed by atoms with Gasteiger partial charge in [0.15, 0.2) is 0 Å². The van der Waals surface area contributed by atoms with Gasteiger partial charge in [-0.15, -0.1) is 0 Å². The van der Waals surface area contributed by atoms with Crippen molar-refractivity contribution in [3.63, 3.8) is 0 Å². The van der Waals surface area contributed by atoms with E-state index in [9.17, 15) is 36.8 Å². The highest BCUT2D eigenvalue weighted by atomic mass is 32.2. The molecule has 5 amide bonds. The summed E-state index contributed by atoms with van der Waals surface area (Å²) < 4.78 is 54.8. The minimum absolute atomic E-state index is 0.00654. The van der Waals surface area contributed by atoms with E-state index in [0.29, 0.717) is 29.5 Å². The third-order valence-electron chi connectivity index (χ3n) is 11.3. The number of carbonyl (C=O) groups is 5. The molecule has 2 aromatic rings. The van der Waals surface area contributed by atoms with Gasteiger partial charge in [-0.25, -0.2) is 22.4 Å². The summed E-state index contributed by atoms with van der Waals surface area (Å²) in [6.45, 7) is 8.71. The molecule has 3 aliphatic heterocycles. The Morgan fingerprint density at radius 1 is 1.00 bits per heavy atom. The van der Waals surface area contributed by atoms with Crippen LogP contribution in [0.3, 0.4) is 0 Å². The number of sulfonamides is 1. The summed E-state index contributed by atoms with van der Waals surface area (Å²) in [7, 11) is -4.18. The van der Waals surface area contributed by atoms with Gasteiger partial charge in [0.25, 0.3) is 5.91 Å². The second-order valence-electron chi connectivity index (χ2n) is 17.0. The molecule has 4 aliphatic rings. The molecule has 16 heteroatoms. The molecule has 0 unspecified atom stereocenters. The lowest BCUT2D eigenvalue weighted by Crippen LogP contribution is -2.58. The van der Waals surface area contributed by atoms with Gasteiger partial charge < -0.3 is 25.0 Å². The number of rotatable bonds is 6. The van der Waals surface area contributed by atoms with Crippen LogP contribution in [0.1, 0.15) is 106 Å². The number of alkyl carbamates (subject to hydrolysis) is 1. The van der Waals surface area contributed by atoms with E-state index in [0.717, 1.165) is 36.8 Å². The number of ether oxygens (including phenoxy) is 2. The van der Waals surface area contributed by atoms with Crippen molar-refractivity contribution in [2.45, 2.75) is 141 Å². The predicted molar refractivity (Wildman–Crippen MR) is 207 cm³/mol. The summed E-state index contributed by atoms with van der Waals surface area (Å²) in [5.41, 5.74) is 0.914. The van der Waals surface area contributed by atoms with Crippen LogP contribution in [0.2, 0.25) is 0 Å². The van der Waals surface area contributed by atoms with Gasteiger partial charge in [-0.3, -0.25) is 24.0 Å². The molecule has 2 aromatic carbocycles. The first-order chi connectivity index (χ1) is 26.8. The van der Waals surface area contributed by atoms with E-state index >= 15 is 0 Å². The van der Waals surface area contributed by atoms with Gasteiger partial charge in [0.1, 0.15) is 35.1 Å². The standard InChI is InChI=1S/C41H54FN5O9S/c1-25-16-17-28(26(2)18-25)24-57(53,54)45-37(50)41-20-29(41)13-9-7-6-8-10-15-33(43-38(51)56-40(3,4)5)36(49)47-22-30(19-34(47)35(48)44-41)55-39(52)46-21-27-12-11-14-32(42)31(27)23-46/h11-12,14,16-18,29-30,33-34H,6-10,13,15,19-24H2,1-5H3,(H,43,51)(H,44,48)(H,45,50)/t29-,30-,33+,34+,41-/m1/s1. The third kappa shape index (κ3) is 10.1. The number of carbonyl (C=O) groups excluding carboxylic acids is 5. The number of nitrogens with one attached hydrogen (secondary N) is 3. The fourth-order valence-corrected chi connectivity index (χ4v) is 9.50. The fraction of sp³-hybridized carbons (Fsp3) is 0.585. The maximum atomic E-state index is 14.5. The molecular formula is C41H54FN5O9S. The first kappa shape index (κ1) is 41.9. The molecular weight excluding hydrogens is 758 g/mol. The second kappa shape index (κ2) is 16.6. The number of benzene rings is 2. The van der Waals surface area contributed by atoms with Gasteiger partial charge in [0.05, 0.1) is 18.8 Å². The van der Waals surface area contributed by atoms with Crippen molar-refractivity contribution in [3.05, 3.63) is 70.0 Å². The Hall–Kier alpha value is -4.73. The number of hydrogen-bond donors (Lipinski definition) is 3. The van der Waals surface area contributed by atoms with Crippen molar-refractivity contribution in [2.24, 2.45) is 5.92 Å². The molecule has 57 heavy (non-hydrogen) atoms. The van der Waals surface area contributed by atoms with Gasteiger partial charge in [-0.1, -0.05) is 68.0 Å². The Bertz CT molecular complexity index is 2020. The molecule has 0 radical (unpaired) electrons. The summed E-state index contributed by atoms with van der Waals surface area (Å²) in [6, 6.07) is 7.66. The van der Waals surface area contributed by atoms with E-state index in [1.807, 2.05) is 13.0 Å². The fourth-order valence-electron chi connectivity index (χ4n) is 8.23. The molecule has 1 aliphatic carbocycles. The number of aryl methyl sites for hydroxylation is 2. The molecule has 14 nitrogen and oxygen atoms in total. The first-order valence-electron chi connectivity index (χ1n) is 19.8. The number of hydrogen-bond acceptors (Lipinski definition) is 9. The summed E-state index contributed by atoms with van der Waals surface area (Å²) in [5.74, 6) is -3.37. The summed E-state index contributed by atoms with van der Waals surface area (Å²) in [4.78, 5) is 71.9. The van der Waals surface area contributed by atoms with Crippen LogP contribution in [0.5, 0.6) is 0 Å². The molecule has 5 atom stereocenters. The van der Waals surface area contributed by atoms with Crippen LogP contribution in [0.25, 0.3) is 0 Å². The SMILES string of the molecule is Cc1ccc(CS(=O)(=O)NC(=O)[C@@]23C[C@H]2CCCCCCC[C@H](NC(=O)OC(C)(C)C)C(=O)N2C[C@H](OC(=O)N4Cc5cccc(F)c5C4)C[C@H]2C(=O)N3)c(C)c1.